The van der Waals surface area contributed by atoms with Gasteiger partial charge in [0.15, 0.2) is 0 Å². The van der Waals surface area contributed by atoms with E-state index in [-0.39, 0.29) is 0 Å². The van der Waals surface area contributed by atoms with Crippen molar-refractivity contribution >= 4 is 21.6 Å². The quantitative estimate of drug-likeness (QED) is 0.869. The van der Waals surface area contributed by atoms with Crippen molar-refractivity contribution in [3.63, 3.8) is 0 Å². The third-order valence-electron chi connectivity index (χ3n) is 3.59. The fourth-order valence-electron chi connectivity index (χ4n) is 2.26. The smallest absolute Gasteiger partial charge is 0.247 e. The molecule has 128 valence electrons. The Morgan fingerprint density at radius 2 is 1.79 bits per heavy atom. The topological polar surface area (TPSA) is 75.7 Å². The fraction of sp³-hybridized carbons (Fsp3) is 0.235. The van der Waals surface area contributed by atoms with Crippen LogP contribution in [0.5, 0.6) is 5.75 Å². The Morgan fingerprint density at radius 1 is 1.12 bits per heavy atom. The number of benzene rings is 2. The Labute approximate surface area is 142 Å². The molecule has 0 aromatic heterocycles. The number of nitrogens with zero attached hydrogens (tertiary/aromatic N) is 1. The average Bonchev–Trinajstić information content (AvgIpc) is 2.55. The highest BCUT2D eigenvalue weighted by Crippen LogP contribution is 2.24. The Hall–Kier alpha value is -2.38. The van der Waals surface area contributed by atoms with Gasteiger partial charge in [0.1, 0.15) is 11.8 Å². The largest absolute Gasteiger partial charge is 0.497 e. The lowest BCUT2D eigenvalue weighted by Crippen LogP contribution is -2.38. The number of ether oxygens (including phenoxy) is 1. The second-order valence-electron chi connectivity index (χ2n) is 5.31. The molecule has 1 N–H and O–H groups in total. The molecule has 1 amide bonds. The number of hydrogen-bond donors (Lipinski definition) is 1. The molecule has 0 saturated heterocycles. The van der Waals surface area contributed by atoms with Gasteiger partial charge in [0.25, 0.3) is 0 Å². The first-order chi connectivity index (χ1) is 11.3. The minimum Gasteiger partial charge on any atom is -0.497 e. The van der Waals surface area contributed by atoms with Crippen molar-refractivity contribution in [2.45, 2.75) is 6.04 Å². The molecule has 0 fully saturated rings. The van der Waals surface area contributed by atoms with E-state index in [0.29, 0.717) is 17.0 Å². The number of likely N-dealkylation sites (N-methyl/N-ethyl adjacent to an activating group) is 1. The number of methoxy groups -OCH3 is 1. The molecule has 1 unspecified atom stereocenters. The Balaban J connectivity index is 2.34. The SMILES string of the molecule is COc1cccc(NC(=O)C(c2ccccc2)N(C)S(C)(=O)=O)c1. The predicted octanol–water partition coefficient (Wildman–Crippen LogP) is 2.27. The molecule has 0 aliphatic carbocycles. The van der Waals surface area contributed by atoms with Gasteiger partial charge in [0.2, 0.25) is 15.9 Å². The van der Waals surface area contributed by atoms with Crippen molar-refractivity contribution < 1.29 is 17.9 Å². The van der Waals surface area contributed by atoms with E-state index < -0.39 is 22.0 Å². The van der Waals surface area contributed by atoms with Gasteiger partial charge in [-0.3, -0.25) is 4.79 Å². The van der Waals surface area contributed by atoms with Gasteiger partial charge in [-0.2, -0.15) is 4.31 Å². The molecule has 24 heavy (non-hydrogen) atoms. The molecule has 2 aromatic rings. The molecule has 0 bridgehead atoms. The van der Waals surface area contributed by atoms with E-state index in [0.717, 1.165) is 10.6 Å². The van der Waals surface area contributed by atoms with Crippen LogP contribution in [0.25, 0.3) is 0 Å². The van der Waals surface area contributed by atoms with Crippen LogP contribution in [0, 0.1) is 0 Å². The van der Waals surface area contributed by atoms with E-state index in [1.54, 1.807) is 54.6 Å². The van der Waals surface area contributed by atoms with E-state index in [9.17, 15) is 13.2 Å². The van der Waals surface area contributed by atoms with E-state index >= 15 is 0 Å². The summed E-state index contributed by atoms with van der Waals surface area (Å²) in [6, 6.07) is 14.7. The van der Waals surface area contributed by atoms with Crippen LogP contribution < -0.4 is 10.1 Å². The Bertz CT molecular complexity index is 806. The number of rotatable bonds is 6. The van der Waals surface area contributed by atoms with Gasteiger partial charge >= 0.3 is 0 Å². The fourth-order valence-corrected chi connectivity index (χ4v) is 2.87. The van der Waals surface area contributed by atoms with E-state index in [4.69, 9.17) is 4.74 Å². The molecular weight excluding hydrogens is 328 g/mol. The normalized spacial score (nSPS) is 12.7. The third-order valence-corrected chi connectivity index (χ3v) is 4.84. The van der Waals surface area contributed by atoms with Crippen LogP contribution in [0.3, 0.4) is 0 Å². The van der Waals surface area contributed by atoms with Crippen molar-refractivity contribution in [3.8, 4) is 5.75 Å². The summed E-state index contributed by atoms with van der Waals surface area (Å²) in [5.74, 6) is 0.155. The number of carbonyl (C=O) groups excluding carboxylic acids is 1. The summed E-state index contributed by atoms with van der Waals surface area (Å²) in [4.78, 5) is 12.7. The lowest BCUT2D eigenvalue weighted by atomic mass is 10.1. The lowest BCUT2D eigenvalue weighted by molar-refractivity contribution is -0.119. The summed E-state index contributed by atoms with van der Waals surface area (Å²) in [7, 11) is -0.633. The highest BCUT2D eigenvalue weighted by Gasteiger charge is 2.30. The van der Waals surface area contributed by atoms with Gasteiger partial charge in [-0.05, 0) is 17.7 Å². The first kappa shape index (κ1) is 18.0. The van der Waals surface area contributed by atoms with Gasteiger partial charge < -0.3 is 10.1 Å². The van der Waals surface area contributed by atoms with Crippen LogP contribution in [0.1, 0.15) is 11.6 Å². The molecule has 0 radical (unpaired) electrons. The Kier molecular flexibility index (Phi) is 5.58. The number of sulfonamides is 1. The van der Waals surface area contributed by atoms with Gasteiger partial charge in [0.05, 0.1) is 13.4 Å². The molecule has 0 aliphatic heterocycles. The van der Waals surface area contributed by atoms with Crippen molar-refractivity contribution in [1.29, 1.82) is 0 Å². The molecule has 2 rings (SSSR count). The second-order valence-corrected chi connectivity index (χ2v) is 7.36. The summed E-state index contributed by atoms with van der Waals surface area (Å²) in [6.07, 6.45) is 1.07. The third kappa shape index (κ3) is 4.33. The molecule has 0 aliphatic rings. The van der Waals surface area contributed by atoms with Crippen molar-refractivity contribution in [1.82, 2.24) is 4.31 Å². The number of nitrogens with one attached hydrogen (secondary N) is 1. The molecule has 0 heterocycles. The predicted molar refractivity (Wildman–Crippen MR) is 93.4 cm³/mol. The molecule has 0 spiro atoms. The van der Waals surface area contributed by atoms with Crippen LogP contribution in [0.4, 0.5) is 5.69 Å². The summed E-state index contributed by atoms with van der Waals surface area (Å²) < 4.78 is 30.0. The maximum Gasteiger partial charge on any atom is 0.247 e. The number of anilines is 1. The molecular formula is C17H20N2O4S. The van der Waals surface area contributed by atoms with E-state index in [1.807, 2.05) is 0 Å². The maximum atomic E-state index is 12.7. The molecule has 0 saturated carbocycles. The van der Waals surface area contributed by atoms with Gasteiger partial charge in [-0.15, -0.1) is 0 Å². The average molecular weight is 348 g/mol. The second kappa shape index (κ2) is 7.46. The summed E-state index contributed by atoms with van der Waals surface area (Å²) in [5, 5.41) is 2.74. The minimum absolute atomic E-state index is 0.442. The van der Waals surface area contributed by atoms with Crippen molar-refractivity contribution in [3.05, 3.63) is 60.2 Å². The van der Waals surface area contributed by atoms with Gasteiger partial charge in [-0.1, -0.05) is 36.4 Å². The first-order valence-corrected chi connectivity index (χ1v) is 9.10. The molecule has 6 nitrogen and oxygen atoms in total. The zero-order chi connectivity index (χ0) is 17.7. The highest BCUT2D eigenvalue weighted by atomic mass is 32.2. The number of carbonyl (C=O) groups is 1. The van der Waals surface area contributed by atoms with E-state index in [1.165, 1.54) is 14.2 Å². The van der Waals surface area contributed by atoms with Crippen LogP contribution in [0.15, 0.2) is 54.6 Å². The van der Waals surface area contributed by atoms with Crippen LogP contribution in [0.2, 0.25) is 0 Å². The summed E-state index contributed by atoms with van der Waals surface area (Å²) in [6.45, 7) is 0. The van der Waals surface area contributed by atoms with Gasteiger partial charge in [0, 0.05) is 18.8 Å². The van der Waals surface area contributed by atoms with Crippen LogP contribution >= 0.6 is 0 Å². The standard InChI is InChI=1S/C17H20N2O4S/c1-19(24(3,21)22)16(13-8-5-4-6-9-13)17(20)18-14-10-7-11-15(12-14)23-2/h4-12,16H,1-3H3,(H,18,20). The minimum atomic E-state index is -3.55. The number of amides is 1. The maximum absolute atomic E-state index is 12.7. The van der Waals surface area contributed by atoms with Gasteiger partial charge in [-0.25, -0.2) is 8.42 Å². The molecule has 1 atom stereocenters. The zero-order valence-electron chi connectivity index (χ0n) is 13.8. The highest BCUT2D eigenvalue weighted by molar-refractivity contribution is 7.88. The molecule has 7 heteroatoms. The lowest BCUT2D eigenvalue weighted by Gasteiger charge is -2.25. The van der Waals surface area contributed by atoms with Crippen molar-refractivity contribution in [2.75, 3.05) is 25.7 Å². The summed E-state index contributed by atoms with van der Waals surface area (Å²) in [5.41, 5.74) is 1.12. The zero-order valence-corrected chi connectivity index (χ0v) is 14.6. The van der Waals surface area contributed by atoms with Crippen molar-refractivity contribution in [2.24, 2.45) is 0 Å². The molecule has 2 aromatic carbocycles. The van der Waals surface area contributed by atoms with Crippen LogP contribution in [-0.4, -0.2) is 39.0 Å². The Morgan fingerprint density at radius 3 is 2.38 bits per heavy atom. The first-order valence-electron chi connectivity index (χ1n) is 7.26. The number of hydrogen-bond acceptors (Lipinski definition) is 4. The summed E-state index contributed by atoms with van der Waals surface area (Å²) >= 11 is 0. The van der Waals surface area contributed by atoms with E-state index in [2.05, 4.69) is 5.32 Å². The van der Waals surface area contributed by atoms with Crippen LogP contribution in [-0.2, 0) is 14.8 Å². The monoisotopic (exact) mass is 348 g/mol.